The number of urea groups is 1. The van der Waals surface area contributed by atoms with Gasteiger partial charge in [-0.15, -0.1) is 11.3 Å². The topological polar surface area (TPSA) is 54.0 Å². The van der Waals surface area contributed by atoms with Crippen molar-refractivity contribution < 1.29 is 4.79 Å². The zero-order chi connectivity index (χ0) is 17.9. The first-order valence-corrected chi connectivity index (χ1v) is 9.10. The monoisotopic (exact) mass is 359 g/mol. The summed E-state index contributed by atoms with van der Waals surface area (Å²) in [5, 5.41) is 6.70. The summed E-state index contributed by atoms with van der Waals surface area (Å²) in [5.41, 5.74) is 4.59. The summed E-state index contributed by atoms with van der Waals surface area (Å²) < 4.78 is 1.17. The highest BCUT2D eigenvalue weighted by molar-refractivity contribution is 7.21. The molecular formula is C21H17N3OS. The highest BCUT2D eigenvalue weighted by Gasteiger charge is 2.09. The van der Waals surface area contributed by atoms with Gasteiger partial charge in [0.25, 0.3) is 0 Å². The van der Waals surface area contributed by atoms with E-state index >= 15 is 0 Å². The Morgan fingerprint density at radius 2 is 1.69 bits per heavy atom. The van der Waals surface area contributed by atoms with Gasteiger partial charge in [0.1, 0.15) is 5.01 Å². The van der Waals surface area contributed by atoms with Crippen LogP contribution in [0.3, 0.4) is 0 Å². The number of carbonyl (C=O) groups is 1. The van der Waals surface area contributed by atoms with Gasteiger partial charge in [0.15, 0.2) is 0 Å². The van der Waals surface area contributed by atoms with Crippen LogP contribution in [0, 0.1) is 6.92 Å². The molecule has 0 unspecified atom stereocenters. The molecule has 0 fully saturated rings. The molecule has 0 spiro atoms. The van der Waals surface area contributed by atoms with E-state index in [1.54, 1.807) is 11.3 Å². The lowest BCUT2D eigenvalue weighted by molar-refractivity contribution is 0.262. The van der Waals surface area contributed by atoms with Crippen molar-refractivity contribution in [3.63, 3.8) is 0 Å². The number of hydrogen-bond acceptors (Lipinski definition) is 3. The summed E-state index contributed by atoms with van der Waals surface area (Å²) >= 11 is 1.67. The van der Waals surface area contributed by atoms with E-state index in [0.29, 0.717) is 0 Å². The third-order valence-corrected chi connectivity index (χ3v) is 5.13. The standard InChI is InChI=1S/C21H17N3OS/c1-14-13-15(20-23-18-9-5-6-10-19(18)26-20)11-12-17(14)24-21(25)22-16-7-3-2-4-8-16/h2-13H,1H3,(H2,22,24,25). The molecule has 2 N–H and O–H groups in total. The van der Waals surface area contributed by atoms with Crippen molar-refractivity contribution in [1.29, 1.82) is 0 Å². The average Bonchev–Trinajstić information content (AvgIpc) is 3.08. The lowest BCUT2D eigenvalue weighted by Gasteiger charge is -2.10. The molecule has 0 aliphatic rings. The van der Waals surface area contributed by atoms with Crippen LogP contribution in [0.2, 0.25) is 0 Å². The minimum absolute atomic E-state index is 0.257. The Labute approximate surface area is 155 Å². The fraction of sp³-hybridized carbons (Fsp3) is 0.0476. The number of fused-ring (bicyclic) bond motifs is 1. The molecular weight excluding hydrogens is 342 g/mol. The smallest absolute Gasteiger partial charge is 0.308 e. The van der Waals surface area contributed by atoms with Gasteiger partial charge in [0.2, 0.25) is 0 Å². The lowest BCUT2D eigenvalue weighted by atomic mass is 10.1. The van der Waals surface area contributed by atoms with Gasteiger partial charge in [0.05, 0.1) is 10.2 Å². The van der Waals surface area contributed by atoms with Gasteiger partial charge < -0.3 is 10.6 Å². The van der Waals surface area contributed by atoms with Crippen LogP contribution in [0.1, 0.15) is 5.56 Å². The summed E-state index contributed by atoms with van der Waals surface area (Å²) in [5.74, 6) is 0. The van der Waals surface area contributed by atoms with E-state index < -0.39 is 0 Å². The molecule has 0 bridgehead atoms. The summed E-state index contributed by atoms with van der Waals surface area (Å²) in [4.78, 5) is 16.9. The molecule has 0 radical (unpaired) electrons. The Bertz CT molecular complexity index is 1040. The molecule has 4 nitrogen and oxygen atoms in total. The van der Waals surface area contributed by atoms with Crippen molar-refractivity contribution in [2.75, 3.05) is 10.6 Å². The van der Waals surface area contributed by atoms with Crippen LogP contribution in [0.15, 0.2) is 72.8 Å². The number of thiazole rings is 1. The molecule has 0 aliphatic carbocycles. The van der Waals surface area contributed by atoms with Crippen LogP contribution < -0.4 is 10.6 Å². The fourth-order valence-electron chi connectivity index (χ4n) is 2.74. The van der Waals surface area contributed by atoms with E-state index in [2.05, 4.69) is 27.8 Å². The first-order valence-electron chi connectivity index (χ1n) is 8.29. The quantitative estimate of drug-likeness (QED) is 0.477. The minimum Gasteiger partial charge on any atom is -0.308 e. The van der Waals surface area contributed by atoms with Crippen LogP contribution >= 0.6 is 11.3 Å². The molecule has 4 aromatic rings. The summed E-state index contributed by atoms with van der Waals surface area (Å²) in [6.07, 6.45) is 0. The number of amides is 2. The molecule has 2 amide bonds. The molecule has 0 saturated carbocycles. The third-order valence-electron chi connectivity index (χ3n) is 4.05. The molecule has 4 rings (SSSR count). The number of hydrogen-bond donors (Lipinski definition) is 2. The van der Waals surface area contributed by atoms with Crippen molar-refractivity contribution in [2.24, 2.45) is 0 Å². The number of para-hydroxylation sites is 2. The lowest BCUT2D eigenvalue weighted by Crippen LogP contribution is -2.19. The molecule has 0 saturated heterocycles. The molecule has 0 atom stereocenters. The van der Waals surface area contributed by atoms with Gasteiger partial charge in [-0.25, -0.2) is 9.78 Å². The van der Waals surface area contributed by atoms with E-state index in [4.69, 9.17) is 0 Å². The van der Waals surface area contributed by atoms with Crippen molar-refractivity contribution >= 4 is 39.0 Å². The van der Waals surface area contributed by atoms with Gasteiger partial charge in [-0.2, -0.15) is 0 Å². The predicted molar refractivity (Wildman–Crippen MR) is 109 cm³/mol. The Balaban J connectivity index is 1.53. The van der Waals surface area contributed by atoms with Crippen molar-refractivity contribution in [2.45, 2.75) is 6.92 Å². The van der Waals surface area contributed by atoms with Gasteiger partial charge in [-0.05, 0) is 55.0 Å². The Morgan fingerprint density at radius 3 is 2.46 bits per heavy atom. The van der Waals surface area contributed by atoms with E-state index in [9.17, 15) is 4.79 Å². The second kappa shape index (κ2) is 6.98. The first-order chi connectivity index (χ1) is 12.7. The second-order valence-corrected chi connectivity index (χ2v) is 6.99. The Hall–Kier alpha value is -3.18. The highest BCUT2D eigenvalue weighted by atomic mass is 32.1. The van der Waals surface area contributed by atoms with Crippen molar-refractivity contribution in [3.8, 4) is 10.6 Å². The summed E-state index contributed by atoms with van der Waals surface area (Å²) in [6.45, 7) is 1.98. The highest BCUT2D eigenvalue weighted by Crippen LogP contribution is 2.31. The molecule has 1 heterocycles. The minimum atomic E-state index is -0.257. The first kappa shape index (κ1) is 16.3. The van der Waals surface area contributed by atoms with E-state index in [0.717, 1.165) is 33.0 Å². The maximum absolute atomic E-state index is 12.2. The third kappa shape index (κ3) is 3.43. The van der Waals surface area contributed by atoms with Gasteiger partial charge >= 0.3 is 6.03 Å². The number of benzene rings is 3. The molecule has 1 aromatic heterocycles. The van der Waals surface area contributed by atoms with Crippen molar-refractivity contribution in [1.82, 2.24) is 4.98 Å². The van der Waals surface area contributed by atoms with Crippen LogP contribution in [0.25, 0.3) is 20.8 Å². The largest absolute Gasteiger partial charge is 0.323 e. The Kier molecular flexibility index (Phi) is 4.37. The number of nitrogens with zero attached hydrogens (tertiary/aromatic N) is 1. The van der Waals surface area contributed by atoms with Crippen molar-refractivity contribution in [3.05, 3.63) is 78.4 Å². The molecule has 0 aliphatic heterocycles. The van der Waals surface area contributed by atoms with Gasteiger partial charge in [0, 0.05) is 16.9 Å². The number of rotatable bonds is 3. The zero-order valence-corrected chi connectivity index (χ0v) is 15.0. The van der Waals surface area contributed by atoms with Crippen LogP contribution in [0.5, 0.6) is 0 Å². The zero-order valence-electron chi connectivity index (χ0n) is 14.2. The van der Waals surface area contributed by atoms with Gasteiger partial charge in [-0.3, -0.25) is 0 Å². The molecule has 128 valence electrons. The second-order valence-electron chi connectivity index (χ2n) is 5.96. The summed E-state index contributed by atoms with van der Waals surface area (Å²) in [6, 6.07) is 23.2. The SMILES string of the molecule is Cc1cc(-c2nc3ccccc3s2)ccc1NC(=O)Nc1ccccc1. The summed E-state index contributed by atoms with van der Waals surface area (Å²) in [7, 11) is 0. The molecule has 26 heavy (non-hydrogen) atoms. The number of aromatic nitrogens is 1. The fourth-order valence-corrected chi connectivity index (χ4v) is 3.70. The number of nitrogens with one attached hydrogen (secondary N) is 2. The van der Waals surface area contributed by atoms with Crippen LogP contribution in [0.4, 0.5) is 16.2 Å². The van der Waals surface area contributed by atoms with Crippen LogP contribution in [-0.2, 0) is 0 Å². The Morgan fingerprint density at radius 1 is 0.923 bits per heavy atom. The van der Waals surface area contributed by atoms with Crippen LogP contribution in [-0.4, -0.2) is 11.0 Å². The number of anilines is 2. The molecule has 3 aromatic carbocycles. The maximum atomic E-state index is 12.2. The number of aryl methyl sites for hydroxylation is 1. The van der Waals surface area contributed by atoms with E-state index in [-0.39, 0.29) is 6.03 Å². The van der Waals surface area contributed by atoms with Gasteiger partial charge in [-0.1, -0.05) is 30.3 Å². The van der Waals surface area contributed by atoms with E-state index in [1.165, 1.54) is 4.70 Å². The average molecular weight is 359 g/mol. The normalized spacial score (nSPS) is 10.7. The molecule has 5 heteroatoms. The number of carbonyl (C=O) groups excluding carboxylic acids is 1. The predicted octanol–water partition coefficient (Wildman–Crippen LogP) is 5.92. The van der Waals surface area contributed by atoms with E-state index in [1.807, 2.05) is 67.6 Å². The maximum Gasteiger partial charge on any atom is 0.323 e.